The first-order valence-electron chi connectivity index (χ1n) is 7.59. The van der Waals surface area contributed by atoms with E-state index >= 15 is 0 Å². The van der Waals surface area contributed by atoms with Crippen molar-refractivity contribution in [3.05, 3.63) is 45.5 Å². The summed E-state index contributed by atoms with van der Waals surface area (Å²) in [5, 5.41) is 1.00. The van der Waals surface area contributed by atoms with Crippen molar-refractivity contribution in [2.24, 2.45) is 7.05 Å². The van der Waals surface area contributed by atoms with Gasteiger partial charge in [0.05, 0.1) is 32.6 Å². The van der Waals surface area contributed by atoms with Gasteiger partial charge in [-0.05, 0) is 52.9 Å². The van der Waals surface area contributed by atoms with Crippen LogP contribution in [0.25, 0.3) is 22.2 Å². The van der Waals surface area contributed by atoms with Crippen LogP contribution < -0.4 is 9.47 Å². The number of fused-ring (bicyclic) bond motifs is 1. The number of esters is 1. The number of rotatable bonds is 4. The monoisotopic (exact) mass is 451 g/mol. The van der Waals surface area contributed by atoms with Crippen LogP contribution in [0.4, 0.5) is 0 Å². The van der Waals surface area contributed by atoms with Crippen molar-refractivity contribution in [3.8, 4) is 22.8 Å². The number of halogens is 1. The van der Waals surface area contributed by atoms with E-state index in [0.29, 0.717) is 5.56 Å². The van der Waals surface area contributed by atoms with Crippen molar-refractivity contribution in [2.45, 2.75) is 0 Å². The number of hydrogen-bond acceptors (Lipinski definition) is 4. The predicted octanol–water partition coefficient (Wildman–Crippen LogP) is 4.25. The Labute approximate surface area is 159 Å². The zero-order valence-corrected chi connectivity index (χ0v) is 16.6. The minimum atomic E-state index is -0.342. The SMILES string of the molecule is COC(=O)c1ccc2c(c1)c(I)c(-c1cc(OC)cc(OC)c1)n2C. The first-order valence-corrected chi connectivity index (χ1v) is 8.67. The molecule has 0 saturated heterocycles. The lowest BCUT2D eigenvalue weighted by Gasteiger charge is -2.10. The zero-order valence-electron chi connectivity index (χ0n) is 14.4. The van der Waals surface area contributed by atoms with Crippen LogP contribution in [0.15, 0.2) is 36.4 Å². The highest BCUT2D eigenvalue weighted by Gasteiger charge is 2.18. The Balaban J connectivity index is 2.25. The third-order valence-electron chi connectivity index (χ3n) is 4.18. The van der Waals surface area contributed by atoms with E-state index in [4.69, 9.17) is 14.2 Å². The molecule has 0 amide bonds. The molecule has 0 unspecified atom stereocenters. The summed E-state index contributed by atoms with van der Waals surface area (Å²) in [6.07, 6.45) is 0. The molecule has 2 aromatic carbocycles. The lowest BCUT2D eigenvalue weighted by Crippen LogP contribution is -2.00. The van der Waals surface area contributed by atoms with E-state index < -0.39 is 0 Å². The molecule has 1 heterocycles. The molecule has 6 heteroatoms. The van der Waals surface area contributed by atoms with Crippen molar-refractivity contribution in [2.75, 3.05) is 21.3 Å². The molecular formula is C19H18INO4. The zero-order chi connectivity index (χ0) is 18.1. The lowest BCUT2D eigenvalue weighted by atomic mass is 10.1. The van der Waals surface area contributed by atoms with Gasteiger partial charge < -0.3 is 18.8 Å². The molecule has 0 bridgehead atoms. The van der Waals surface area contributed by atoms with Gasteiger partial charge in [-0.1, -0.05) is 0 Å². The van der Waals surface area contributed by atoms with E-state index in [1.54, 1.807) is 20.3 Å². The van der Waals surface area contributed by atoms with E-state index in [1.807, 2.05) is 37.4 Å². The van der Waals surface area contributed by atoms with Gasteiger partial charge in [-0.2, -0.15) is 0 Å². The van der Waals surface area contributed by atoms with Gasteiger partial charge in [-0.3, -0.25) is 0 Å². The summed E-state index contributed by atoms with van der Waals surface area (Å²) in [7, 11) is 6.65. The number of ether oxygens (including phenoxy) is 3. The van der Waals surface area contributed by atoms with Crippen molar-refractivity contribution >= 4 is 39.5 Å². The van der Waals surface area contributed by atoms with Gasteiger partial charge in [0, 0.05) is 33.2 Å². The largest absolute Gasteiger partial charge is 0.497 e. The van der Waals surface area contributed by atoms with Crippen LogP contribution in [-0.4, -0.2) is 31.9 Å². The molecule has 0 radical (unpaired) electrons. The lowest BCUT2D eigenvalue weighted by molar-refractivity contribution is 0.0601. The first kappa shape index (κ1) is 17.6. The van der Waals surface area contributed by atoms with Crippen LogP contribution in [0.3, 0.4) is 0 Å². The second kappa shape index (κ2) is 6.95. The van der Waals surface area contributed by atoms with Crippen molar-refractivity contribution in [3.63, 3.8) is 0 Å². The van der Waals surface area contributed by atoms with E-state index in [9.17, 15) is 4.79 Å². The molecular weight excluding hydrogens is 433 g/mol. The summed E-state index contributed by atoms with van der Waals surface area (Å²) in [5.41, 5.74) is 3.59. The molecule has 1 aromatic heterocycles. The summed E-state index contributed by atoms with van der Waals surface area (Å²) in [5.74, 6) is 1.11. The Morgan fingerprint density at radius 1 is 1.00 bits per heavy atom. The van der Waals surface area contributed by atoms with Crippen LogP contribution in [0.1, 0.15) is 10.4 Å². The topological polar surface area (TPSA) is 49.7 Å². The fourth-order valence-electron chi connectivity index (χ4n) is 2.91. The maximum atomic E-state index is 11.8. The average molecular weight is 451 g/mol. The summed E-state index contributed by atoms with van der Waals surface area (Å²) < 4.78 is 18.8. The smallest absolute Gasteiger partial charge is 0.337 e. The van der Waals surface area contributed by atoms with Crippen LogP contribution in [0.2, 0.25) is 0 Å². The number of nitrogens with zero attached hydrogens (tertiary/aromatic N) is 1. The molecule has 0 aliphatic rings. The summed E-state index contributed by atoms with van der Waals surface area (Å²) in [6.45, 7) is 0. The molecule has 5 nitrogen and oxygen atoms in total. The number of aromatic nitrogens is 1. The van der Waals surface area contributed by atoms with E-state index in [0.717, 1.165) is 37.2 Å². The molecule has 25 heavy (non-hydrogen) atoms. The Bertz CT molecular complexity index is 939. The summed E-state index contributed by atoms with van der Waals surface area (Å²) in [4.78, 5) is 11.8. The Morgan fingerprint density at radius 2 is 1.64 bits per heavy atom. The minimum absolute atomic E-state index is 0.342. The second-order valence-electron chi connectivity index (χ2n) is 5.55. The fourth-order valence-corrected chi connectivity index (χ4v) is 4.01. The number of aryl methyl sites for hydroxylation is 1. The number of benzene rings is 2. The van der Waals surface area contributed by atoms with Crippen molar-refractivity contribution < 1.29 is 19.0 Å². The van der Waals surface area contributed by atoms with Gasteiger partial charge in [0.15, 0.2) is 0 Å². The normalized spacial score (nSPS) is 10.8. The molecule has 0 saturated carbocycles. The van der Waals surface area contributed by atoms with E-state index in [-0.39, 0.29) is 5.97 Å². The first-order chi connectivity index (χ1) is 12.0. The minimum Gasteiger partial charge on any atom is -0.497 e. The van der Waals surface area contributed by atoms with Crippen LogP contribution in [-0.2, 0) is 11.8 Å². The highest BCUT2D eigenvalue weighted by molar-refractivity contribution is 14.1. The van der Waals surface area contributed by atoms with E-state index in [1.165, 1.54) is 7.11 Å². The third-order valence-corrected chi connectivity index (χ3v) is 5.28. The Kier molecular flexibility index (Phi) is 4.89. The van der Waals surface area contributed by atoms with Crippen molar-refractivity contribution in [1.82, 2.24) is 4.57 Å². The highest BCUT2D eigenvalue weighted by Crippen LogP contribution is 2.37. The van der Waals surface area contributed by atoms with E-state index in [2.05, 4.69) is 27.2 Å². The molecule has 0 fully saturated rings. The molecule has 0 atom stereocenters. The average Bonchev–Trinajstić information content (AvgIpc) is 2.90. The Morgan fingerprint density at radius 3 is 2.20 bits per heavy atom. The number of carbonyl (C=O) groups is 1. The quantitative estimate of drug-likeness (QED) is 0.440. The number of carbonyl (C=O) groups excluding carboxylic acids is 1. The van der Waals surface area contributed by atoms with Gasteiger partial charge in [-0.25, -0.2) is 4.79 Å². The fraction of sp³-hybridized carbons (Fsp3) is 0.211. The maximum absolute atomic E-state index is 11.8. The van der Waals surface area contributed by atoms with Gasteiger partial charge in [0.1, 0.15) is 11.5 Å². The summed E-state index contributed by atoms with van der Waals surface area (Å²) in [6, 6.07) is 11.4. The van der Waals surface area contributed by atoms with Gasteiger partial charge >= 0.3 is 5.97 Å². The molecule has 3 aromatic rings. The number of methoxy groups -OCH3 is 3. The third kappa shape index (κ3) is 3.06. The van der Waals surface area contributed by atoms with Crippen LogP contribution >= 0.6 is 22.6 Å². The van der Waals surface area contributed by atoms with Gasteiger partial charge in [0.2, 0.25) is 0 Å². The summed E-state index contributed by atoms with van der Waals surface area (Å²) >= 11 is 2.31. The maximum Gasteiger partial charge on any atom is 0.337 e. The van der Waals surface area contributed by atoms with Crippen molar-refractivity contribution in [1.29, 1.82) is 0 Å². The van der Waals surface area contributed by atoms with Gasteiger partial charge in [0.25, 0.3) is 0 Å². The molecule has 0 N–H and O–H groups in total. The van der Waals surface area contributed by atoms with Crippen LogP contribution in [0.5, 0.6) is 11.5 Å². The molecule has 0 aliphatic heterocycles. The molecule has 0 aliphatic carbocycles. The molecule has 130 valence electrons. The second-order valence-corrected chi connectivity index (χ2v) is 6.63. The molecule has 0 spiro atoms. The highest BCUT2D eigenvalue weighted by atomic mass is 127. The predicted molar refractivity (Wildman–Crippen MR) is 106 cm³/mol. The van der Waals surface area contributed by atoms with Gasteiger partial charge in [-0.15, -0.1) is 0 Å². The Hall–Kier alpha value is -2.22. The number of hydrogen-bond donors (Lipinski definition) is 0. The van der Waals surface area contributed by atoms with Crippen LogP contribution in [0, 0.1) is 3.57 Å². The standard InChI is InChI=1S/C19H18INO4/c1-21-16-6-5-11(19(22)25-4)9-15(16)17(20)18(21)12-7-13(23-2)10-14(8-12)24-3/h5-10H,1-4H3. The molecule has 3 rings (SSSR count).